The van der Waals surface area contributed by atoms with Crippen molar-refractivity contribution < 1.29 is 19.5 Å². The molecule has 2 saturated heterocycles. The summed E-state index contributed by atoms with van der Waals surface area (Å²) in [7, 11) is 0. The molecule has 2 aliphatic rings. The highest BCUT2D eigenvalue weighted by Gasteiger charge is 2.36. The Morgan fingerprint density at radius 2 is 1.88 bits per heavy atom. The summed E-state index contributed by atoms with van der Waals surface area (Å²) in [5.74, 6) is -1.59. The molecular weight excluding hydrogens is 334 g/mol. The van der Waals surface area contributed by atoms with E-state index < -0.39 is 17.9 Å². The molecule has 2 N–H and O–H groups in total. The van der Waals surface area contributed by atoms with Crippen LogP contribution < -0.4 is 10.2 Å². The normalized spacial score (nSPS) is 23.6. The number of hydrogen-bond donors (Lipinski definition) is 2. The van der Waals surface area contributed by atoms with Gasteiger partial charge < -0.3 is 20.2 Å². The van der Waals surface area contributed by atoms with E-state index in [9.17, 15) is 14.4 Å². The number of anilines is 1. The minimum atomic E-state index is -0.892. The Morgan fingerprint density at radius 1 is 1.17 bits per heavy atom. The molecule has 128 valence electrons. The number of carbonyl (C=O) groups excluding carboxylic acids is 2. The lowest BCUT2D eigenvalue weighted by Gasteiger charge is -2.20. The number of aliphatic carboxylic acids is 1. The van der Waals surface area contributed by atoms with Gasteiger partial charge in [-0.1, -0.05) is 11.6 Å². The van der Waals surface area contributed by atoms with Gasteiger partial charge in [0, 0.05) is 30.3 Å². The van der Waals surface area contributed by atoms with Crippen molar-refractivity contribution in [2.24, 2.45) is 5.92 Å². The first-order valence-electron chi connectivity index (χ1n) is 7.81. The highest BCUT2D eigenvalue weighted by atomic mass is 35.5. The van der Waals surface area contributed by atoms with Crippen LogP contribution in [0.4, 0.5) is 10.5 Å². The van der Waals surface area contributed by atoms with E-state index in [2.05, 4.69) is 5.32 Å². The second-order valence-corrected chi connectivity index (χ2v) is 6.46. The van der Waals surface area contributed by atoms with E-state index in [1.165, 1.54) is 4.90 Å². The van der Waals surface area contributed by atoms with Crippen LogP contribution >= 0.6 is 11.6 Å². The molecule has 3 rings (SSSR count). The molecule has 7 nitrogen and oxygen atoms in total. The zero-order valence-electron chi connectivity index (χ0n) is 12.9. The van der Waals surface area contributed by atoms with Crippen molar-refractivity contribution in [3.63, 3.8) is 0 Å². The van der Waals surface area contributed by atoms with Gasteiger partial charge in [0.25, 0.3) is 0 Å². The number of likely N-dealkylation sites (tertiary alicyclic amines) is 1. The van der Waals surface area contributed by atoms with Gasteiger partial charge in [-0.3, -0.25) is 9.59 Å². The average Bonchev–Trinajstić information content (AvgIpc) is 3.17. The van der Waals surface area contributed by atoms with Gasteiger partial charge in [0.2, 0.25) is 5.91 Å². The predicted octanol–water partition coefficient (Wildman–Crippen LogP) is 1.56. The van der Waals surface area contributed by atoms with Gasteiger partial charge in [-0.15, -0.1) is 0 Å². The van der Waals surface area contributed by atoms with Crippen molar-refractivity contribution in [3.05, 3.63) is 29.3 Å². The van der Waals surface area contributed by atoms with Crippen LogP contribution in [0.5, 0.6) is 0 Å². The van der Waals surface area contributed by atoms with Gasteiger partial charge in [0.15, 0.2) is 0 Å². The number of amides is 3. The fourth-order valence-electron chi connectivity index (χ4n) is 3.08. The summed E-state index contributed by atoms with van der Waals surface area (Å²) in [6.45, 7) is 1.09. The fourth-order valence-corrected chi connectivity index (χ4v) is 3.20. The molecule has 1 aromatic carbocycles. The van der Waals surface area contributed by atoms with Crippen LogP contribution in [0.15, 0.2) is 24.3 Å². The van der Waals surface area contributed by atoms with E-state index >= 15 is 0 Å². The van der Waals surface area contributed by atoms with Crippen LogP contribution in [0, 0.1) is 5.92 Å². The Bertz CT molecular complexity index is 664. The SMILES string of the molecule is O=C(O)C1CCN(C(=O)NC2CCN(c3ccc(Cl)cc3)C2=O)C1. The quantitative estimate of drug-likeness (QED) is 0.864. The summed E-state index contributed by atoms with van der Waals surface area (Å²) in [4.78, 5) is 38.7. The second kappa shape index (κ2) is 6.68. The molecule has 0 spiro atoms. The van der Waals surface area contributed by atoms with Crippen molar-refractivity contribution in [3.8, 4) is 0 Å². The third-order valence-electron chi connectivity index (χ3n) is 4.47. The lowest BCUT2D eigenvalue weighted by atomic mass is 10.1. The summed E-state index contributed by atoms with van der Waals surface area (Å²) in [6.07, 6.45) is 0.960. The number of benzene rings is 1. The van der Waals surface area contributed by atoms with Crippen molar-refractivity contribution in [1.29, 1.82) is 0 Å². The number of nitrogens with zero attached hydrogens (tertiary/aromatic N) is 2. The van der Waals surface area contributed by atoms with Crippen LogP contribution in [-0.4, -0.2) is 53.6 Å². The largest absolute Gasteiger partial charge is 0.481 e. The standard InChI is InChI=1S/C16H18ClN3O4/c17-11-1-3-12(4-2-11)20-8-6-13(14(20)21)18-16(24)19-7-5-10(9-19)15(22)23/h1-4,10,13H,5-9H2,(H,18,24)(H,22,23). The van der Waals surface area contributed by atoms with E-state index in [0.717, 1.165) is 5.69 Å². The summed E-state index contributed by atoms with van der Waals surface area (Å²) in [5.41, 5.74) is 0.744. The third kappa shape index (κ3) is 3.31. The molecule has 2 heterocycles. The van der Waals surface area contributed by atoms with Crippen molar-refractivity contribution in [1.82, 2.24) is 10.2 Å². The van der Waals surface area contributed by atoms with Gasteiger partial charge in [-0.25, -0.2) is 4.79 Å². The maximum Gasteiger partial charge on any atom is 0.318 e. The van der Waals surface area contributed by atoms with Crippen molar-refractivity contribution in [2.45, 2.75) is 18.9 Å². The Hall–Kier alpha value is -2.28. The van der Waals surface area contributed by atoms with E-state index in [4.69, 9.17) is 16.7 Å². The van der Waals surface area contributed by atoms with E-state index in [1.54, 1.807) is 29.2 Å². The van der Waals surface area contributed by atoms with Crippen molar-refractivity contribution in [2.75, 3.05) is 24.5 Å². The smallest absolute Gasteiger partial charge is 0.318 e. The molecule has 2 aliphatic heterocycles. The van der Waals surface area contributed by atoms with Gasteiger partial charge >= 0.3 is 12.0 Å². The maximum absolute atomic E-state index is 12.5. The summed E-state index contributed by atoms with van der Waals surface area (Å²) in [6, 6.07) is 6.00. The molecule has 0 aromatic heterocycles. The topological polar surface area (TPSA) is 89.9 Å². The fraction of sp³-hybridized carbons (Fsp3) is 0.438. The second-order valence-electron chi connectivity index (χ2n) is 6.03. The average molecular weight is 352 g/mol. The first-order chi connectivity index (χ1) is 11.5. The first kappa shape index (κ1) is 16.6. The molecule has 0 radical (unpaired) electrons. The molecule has 8 heteroatoms. The Morgan fingerprint density at radius 3 is 2.50 bits per heavy atom. The number of carboxylic acids is 1. The molecule has 0 saturated carbocycles. The number of hydrogen-bond acceptors (Lipinski definition) is 3. The van der Waals surface area contributed by atoms with Crippen LogP contribution in [0.2, 0.25) is 5.02 Å². The zero-order chi connectivity index (χ0) is 17.3. The van der Waals surface area contributed by atoms with Gasteiger partial charge in [-0.05, 0) is 37.1 Å². The Labute approximate surface area is 144 Å². The highest BCUT2D eigenvalue weighted by Crippen LogP contribution is 2.24. The Balaban J connectivity index is 1.59. The van der Waals surface area contributed by atoms with Crippen LogP contribution in [0.1, 0.15) is 12.8 Å². The van der Waals surface area contributed by atoms with Gasteiger partial charge in [-0.2, -0.15) is 0 Å². The minimum Gasteiger partial charge on any atom is -0.481 e. The molecule has 0 aliphatic carbocycles. The van der Waals surface area contributed by atoms with Crippen molar-refractivity contribution >= 4 is 35.2 Å². The molecular formula is C16H18ClN3O4. The summed E-state index contributed by atoms with van der Waals surface area (Å²) in [5, 5.41) is 12.3. The van der Waals surface area contributed by atoms with Gasteiger partial charge in [0.05, 0.1) is 5.92 Å². The number of carboxylic acid groups (broad SMARTS) is 1. The van der Waals surface area contributed by atoms with Crippen LogP contribution in [0.3, 0.4) is 0 Å². The summed E-state index contributed by atoms with van der Waals surface area (Å²) < 4.78 is 0. The molecule has 2 unspecified atom stereocenters. The first-order valence-corrected chi connectivity index (χ1v) is 8.18. The number of rotatable bonds is 3. The van der Waals surface area contributed by atoms with E-state index in [0.29, 0.717) is 31.0 Å². The molecule has 2 fully saturated rings. The highest BCUT2D eigenvalue weighted by molar-refractivity contribution is 6.30. The van der Waals surface area contributed by atoms with Crippen LogP contribution in [0.25, 0.3) is 0 Å². The third-order valence-corrected chi connectivity index (χ3v) is 4.72. The maximum atomic E-state index is 12.5. The minimum absolute atomic E-state index is 0.167. The van der Waals surface area contributed by atoms with Crippen LogP contribution in [-0.2, 0) is 9.59 Å². The zero-order valence-corrected chi connectivity index (χ0v) is 13.7. The molecule has 3 amide bonds. The molecule has 2 atom stereocenters. The van der Waals surface area contributed by atoms with Gasteiger partial charge in [0.1, 0.15) is 6.04 Å². The number of nitrogens with one attached hydrogen (secondary N) is 1. The number of urea groups is 1. The molecule has 1 aromatic rings. The number of carbonyl (C=O) groups is 3. The molecule has 0 bridgehead atoms. The lowest BCUT2D eigenvalue weighted by Crippen LogP contribution is -2.47. The molecule has 24 heavy (non-hydrogen) atoms. The predicted molar refractivity (Wildman–Crippen MR) is 88.1 cm³/mol. The Kier molecular flexibility index (Phi) is 4.62. The number of halogens is 1. The lowest BCUT2D eigenvalue weighted by molar-refractivity contribution is -0.141. The van der Waals surface area contributed by atoms with E-state index in [-0.39, 0.29) is 18.5 Å². The summed E-state index contributed by atoms with van der Waals surface area (Å²) >= 11 is 5.85. The van der Waals surface area contributed by atoms with E-state index in [1.807, 2.05) is 0 Å². The monoisotopic (exact) mass is 351 g/mol.